The molecule has 0 aliphatic carbocycles. The van der Waals surface area contributed by atoms with Crippen LogP contribution < -0.4 is 5.73 Å². The maximum atomic E-state index is 13.4. The van der Waals surface area contributed by atoms with E-state index in [9.17, 15) is 12.8 Å². The van der Waals surface area contributed by atoms with Gasteiger partial charge in [0.25, 0.3) is 0 Å². The molecule has 7 nitrogen and oxygen atoms in total. The zero-order valence-corrected chi connectivity index (χ0v) is 12.7. The van der Waals surface area contributed by atoms with Crippen molar-refractivity contribution >= 4 is 15.5 Å². The molecule has 9 heteroatoms. The van der Waals surface area contributed by atoms with Crippen LogP contribution in [0.2, 0.25) is 0 Å². The van der Waals surface area contributed by atoms with Crippen LogP contribution in [-0.2, 0) is 16.4 Å². The molecule has 1 aromatic heterocycles. The first-order valence-corrected chi connectivity index (χ1v) is 8.01. The third-order valence-electron chi connectivity index (χ3n) is 3.24. The Morgan fingerprint density at radius 3 is 2.57 bits per heavy atom. The molecule has 0 saturated heterocycles. The molecule has 2 N–H and O–H groups in total. The van der Waals surface area contributed by atoms with E-state index in [1.807, 2.05) is 0 Å². The summed E-state index contributed by atoms with van der Waals surface area (Å²) in [6, 6.07) is 3.95. The monoisotopic (exact) mass is 313 g/mol. The average Bonchev–Trinajstić information content (AvgIpc) is 2.73. The quantitative estimate of drug-likeness (QED) is 0.840. The second-order valence-electron chi connectivity index (χ2n) is 5.47. The highest BCUT2D eigenvalue weighted by atomic mass is 32.2. The number of anilines is 1. The molecule has 0 spiro atoms. The summed E-state index contributed by atoms with van der Waals surface area (Å²) in [5, 5.41) is 11.1. The number of nitrogens with two attached hydrogens (primary N) is 1. The number of benzene rings is 1. The van der Waals surface area contributed by atoms with Crippen molar-refractivity contribution in [2.75, 3.05) is 12.0 Å². The summed E-state index contributed by atoms with van der Waals surface area (Å²) >= 11 is 0. The molecule has 0 saturated carbocycles. The SMILES string of the molecule is CC(C)(Cn1nnnc1-c1cc(N)cc(F)c1)S(C)(=O)=O. The Labute approximate surface area is 121 Å². The van der Waals surface area contributed by atoms with E-state index in [1.165, 1.54) is 22.9 Å². The van der Waals surface area contributed by atoms with Crippen LogP contribution in [-0.4, -0.2) is 39.6 Å². The number of hydrogen-bond acceptors (Lipinski definition) is 6. The van der Waals surface area contributed by atoms with Crippen molar-refractivity contribution in [2.45, 2.75) is 25.1 Å². The molecule has 0 unspecified atom stereocenters. The normalized spacial score (nSPS) is 12.6. The Morgan fingerprint density at radius 2 is 2.00 bits per heavy atom. The summed E-state index contributed by atoms with van der Waals surface area (Å²) in [6.07, 6.45) is 1.15. The maximum absolute atomic E-state index is 13.4. The molecule has 0 atom stereocenters. The highest BCUT2D eigenvalue weighted by molar-refractivity contribution is 7.92. The van der Waals surface area contributed by atoms with Crippen LogP contribution >= 0.6 is 0 Å². The average molecular weight is 313 g/mol. The summed E-state index contributed by atoms with van der Waals surface area (Å²) in [7, 11) is -3.31. The zero-order valence-electron chi connectivity index (χ0n) is 11.9. The first kappa shape index (κ1) is 15.4. The molecule has 0 radical (unpaired) electrons. The third-order valence-corrected chi connectivity index (χ3v) is 5.38. The van der Waals surface area contributed by atoms with E-state index in [4.69, 9.17) is 5.73 Å². The predicted molar refractivity (Wildman–Crippen MR) is 76.5 cm³/mol. The smallest absolute Gasteiger partial charge is 0.182 e. The van der Waals surface area contributed by atoms with Gasteiger partial charge in [0, 0.05) is 17.5 Å². The number of tetrazole rings is 1. The lowest BCUT2D eigenvalue weighted by Crippen LogP contribution is -2.36. The van der Waals surface area contributed by atoms with Crippen LogP contribution in [0.5, 0.6) is 0 Å². The van der Waals surface area contributed by atoms with Gasteiger partial charge in [0.15, 0.2) is 15.7 Å². The largest absolute Gasteiger partial charge is 0.399 e. The van der Waals surface area contributed by atoms with Crippen LogP contribution in [0.3, 0.4) is 0 Å². The number of halogens is 1. The van der Waals surface area contributed by atoms with Gasteiger partial charge in [-0.1, -0.05) is 0 Å². The van der Waals surface area contributed by atoms with Crippen molar-refractivity contribution in [3.8, 4) is 11.4 Å². The van der Waals surface area contributed by atoms with Crippen LogP contribution in [0.1, 0.15) is 13.8 Å². The van der Waals surface area contributed by atoms with E-state index in [2.05, 4.69) is 15.5 Å². The molecule has 0 aliphatic heterocycles. The minimum atomic E-state index is -3.31. The van der Waals surface area contributed by atoms with Crippen LogP contribution in [0, 0.1) is 5.82 Å². The van der Waals surface area contributed by atoms with Crippen molar-refractivity contribution < 1.29 is 12.8 Å². The lowest BCUT2D eigenvalue weighted by atomic mass is 10.1. The lowest BCUT2D eigenvalue weighted by Gasteiger charge is -2.22. The predicted octanol–water partition coefficient (Wildman–Crippen LogP) is 0.885. The second kappa shape index (κ2) is 5.06. The molecule has 0 aliphatic rings. The molecule has 2 rings (SSSR count). The van der Waals surface area contributed by atoms with Gasteiger partial charge < -0.3 is 5.73 Å². The number of nitrogen functional groups attached to an aromatic ring is 1. The van der Waals surface area contributed by atoms with Gasteiger partial charge in [-0.2, -0.15) is 0 Å². The number of hydrogen-bond donors (Lipinski definition) is 1. The second-order valence-corrected chi connectivity index (χ2v) is 8.11. The fraction of sp³-hybridized carbons (Fsp3) is 0.417. The van der Waals surface area contributed by atoms with E-state index in [1.54, 1.807) is 13.8 Å². The van der Waals surface area contributed by atoms with Crippen molar-refractivity contribution in [1.82, 2.24) is 20.2 Å². The Morgan fingerprint density at radius 1 is 1.33 bits per heavy atom. The molecule has 21 heavy (non-hydrogen) atoms. The van der Waals surface area contributed by atoms with Gasteiger partial charge >= 0.3 is 0 Å². The van der Waals surface area contributed by atoms with Gasteiger partial charge in [0.2, 0.25) is 0 Å². The Balaban J connectivity index is 2.44. The molecule has 1 aromatic carbocycles. The lowest BCUT2D eigenvalue weighted by molar-refractivity contribution is 0.471. The van der Waals surface area contributed by atoms with Crippen molar-refractivity contribution in [1.29, 1.82) is 0 Å². The standard InChI is InChI=1S/C12H16FN5O2S/c1-12(2,21(3,19)20)7-18-11(15-16-17-18)8-4-9(13)6-10(14)5-8/h4-6H,7,14H2,1-3H3. The van der Waals surface area contributed by atoms with Crippen molar-refractivity contribution in [2.24, 2.45) is 0 Å². The molecular weight excluding hydrogens is 297 g/mol. The van der Waals surface area contributed by atoms with Gasteiger partial charge in [-0.3, -0.25) is 0 Å². The van der Waals surface area contributed by atoms with E-state index >= 15 is 0 Å². The first-order chi connectivity index (χ1) is 9.60. The summed E-state index contributed by atoms with van der Waals surface area (Å²) in [6.45, 7) is 3.20. The van der Waals surface area contributed by atoms with E-state index in [0.717, 1.165) is 6.26 Å². The van der Waals surface area contributed by atoms with E-state index in [-0.39, 0.29) is 18.1 Å². The van der Waals surface area contributed by atoms with Gasteiger partial charge in [0.1, 0.15) is 5.82 Å². The number of sulfone groups is 1. The summed E-state index contributed by atoms with van der Waals surface area (Å²) in [5.74, 6) is -0.250. The van der Waals surface area contributed by atoms with Crippen LogP contribution in [0.4, 0.5) is 10.1 Å². The van der Waals surface area contributed by atoms with E-state index < -0.39 is 20.4 Å². The summed E-state index contributed by atoms with van der Waals surface area (Å²) < 4.78 is 37.2. The number of nitrogens with zero attached hydrogens (tertiary/aromatic N) is 4. The highest BCUT2D eigenvalue weighted by Crippen LogP contribution is 2.24. The number of aromatic nitrogens is 4. The van der Waals surface area contributed by atoms with Crippen LogP contribution in [0.25, 0.3) is 11.4 Å². The van der Waals surface area contributed by atoms with Gasteiger partial charge in [-0.05, 0) is 42.5 Å². The molecule has 1 heterocycles. The van der Waals surface area contributed by atoms with Gasteiger partial charge in [-0.15, -0.1) is 5.10 Å². The van der Waals surface area contributed by atoms with Crippen LogP contribution in [0.15, 0.2) is 18.2 Å². The Kier molecular flexibility index (Phi) is 3.70. The molecule has 0 amide bonds. The van der Waals surface area contributed by atoms with Crippen molar-refractivity contribution in [3.05, 3.63) is 24.0 Å². The van der Waals surface area contributed by atoms with Crippen molar-refractivity contribution in [3.63, 3.8) is 0 Å². The molecule has 114 valence electrons. The van der Waals surface area contributed by atoms with Gasteiger partial charge in [0.05, 0.1) is 11.3 Å². The Hall–Kier alpha value is -2.03. The van der Waals surface area contributed by atoms with Gasteiger partial charge in [-0.25, -0.2) is 17.5 Å². The minimum Gasteiger partial charge on any atom is -0.399 e. The topological polar surface area (TPSA) is 104 Å². The molecule has 0 fully saturated rings. The minimum absolute atomic E-state index is 0.0462. The zero-order chi connectivity index (χ0) is 15.8. The molecular formula is C12H16FN5O2S. The Bertz CT molecular complexity index is 749. The summed E-state index contributed by atoms with van der Waals surface area (Å²) in [5.41, 5.74) is 6.23. The third kappa shape index (κ3) is 3.18. The highest BCUT2D eigenvalue weighted by Gasteiger charge is 2.32. The maximum Gasteiger partial charge on any atom is 0.182 e. The molecule has 0 bridgehead atoms. The number of rotatable bonds is 4. The fourth-order valence-electron chi connectivity index (χ4n) is 1.74. The van der Waals surface area contributed by atoms with E-state index in [0.29, 0.717) is 5.56 Å². The first-order valence-electron chi connectivity index (χ1n) is 6.12. The molecule has 2 aromatic rings. The summed E-state index contributed by atoms with van der Waals surface area (Å²) in [4.78, 5) is 0. The fourth-order valence-corrected chi connectivity index (χ4v) is 2.09.